The van der Waals surface area contributed by atoms with Gasteiger partial charge in [-0.15, -0.1) is 0 Å². The summed E-state index contributed by atoms with van der Waals surface area (Å²) < 4.78 is 5.27. The molecule has 2 N–H and O–H groups in total. The van der Waals surface area contributed by atoms with Crippen LogP contribution in [-0.2, 0) is 16.1 Å². The predicted octanol–water partition coefficient (Wildman–Crippen LogP) is 2.56. The molecule has 0 bridgehead atoms. The molecular weight excluding hydrogens is 408 g/mol. The van der Waals surface area contributed by atoms with Gasteiger partial charge in [0.1, 0.15) is 30.6 Å². The van der Waals surface area contributed by atoms with E-state index in [9.17, 15) is 14.9 Å². The Morgan fingerprint density at radius 2 is 2.03 bits per heavy atom. The molecule has 1 aromatic carbocycles. The number of rotatable bonds is 8. The summed E-state index contributed by atoms with van der Waals surface area (Å²) in [5, 5.41) is 23.9. The minimum absolute atomic E-state index is 0.0888. The van der Waals surface area contributed by atoms with Crippen molar-refractivity contribution in [2.24, 2.45) is 0 Å². The van der Waals surface area contributed by atoms with Crippen LogP contribution in [0.1, 0.15) is 30.4 Å². The van der Waals surface area contributed by atoms with Crippen LogP contribution >= 0.6 is 0 Å². The Morgan fingerprint density at radius 1 is 1.22 bits per heavy atom. The van der Waals surface area contributed by atoms with Crippen molar-refractivity contribution in [1.82, 2.24) is 15.2 Å². The summed E-state index contributed by atoms with van der Waals surface area (Å²) in [6, 6.07) is 15.4. The van der Waals surface area contributed by atoms with Crippen molar-refractivity contribution in [2.45, 2.75) is 38.0 Å². The molecule has 2 heterocycles. The first-order valence-electron chi connectivity index (χ1n) is 10.4. The van der Waals surface area contributed by atoms with Gasteiger partial charge in [-0.25, -0.2) is 9.78 Å². The molecule has 3 rings (SSSR count). The maximum Gasteiger partial charge on any atom is 0.408 e. The monoisotopic (exact) mass is 432 g/mol. The number of amides is 2. The lowest BCUT2D eigenvalue weighted by atomic mass is 10.1. The Hall–Kier alpha value is -4.11. The molecule has 1 fully saturated rings. The molecule has 2 amide bonds. The van der Waals surface area contributed by atoms with E-state index in [1.807, 2.05) is 36.4 Å². The molecule has 1 aliphatic rings. The number of nitriles is 2. The summed E-state index contributed by atoms with van der Waals surface area (Å²) in [4.78, 5) is 31.1. The van der Waals surface area contributed by atoms with Gasteiger partial charge in [0.2, 0.25) is 5.91 Å². The second-order valence-corrected chi connectivity index (χ2v) is 7.34. The van der Waals surface area contributed by atoms with Gasteiger partial charge in [0.25, 0.3) is 0 Å². The molecule has 0 radical (unpaired) electrons. The molecule has 1 aliphatic heterocycles. The molecule has 0 unspecified atom stereocenters. The van der Waals surface area contributed by atoms with Crippen LogP contribution in [0.25, 0.3) is 0 Å². The number of aromatic nitrogens is 1. The lowest BCUT2D eigenvalue weighted by molar-refractivity contribution is -0.133. The van der Waals surface area contributed by atoms with Crippen molar-refractivity contribution >= 4 is 17.8 Å². The average Bonchev–Trinajstić information content (AvgIpc) is 3.32. The average molecular weight is 432 g/mol. The number of nitrogens with one attached hydrogen (secondary N) is 2. The first-order valence-corrected chi connectivity index (χ1v) is 10.4. The van der Waals surface area contributed by atoms with Crippen LogP contribution < -0.4 is 10.6 Å². The number of nitrogens with zero attached hydrogens (tertiary/aromatic N) is 4. The molecule has 0 spiro atoms. The van der Waals surface area contributed by atoms with Crippen LogP contribution in [-0.4, -0.2) is 47.1 Å². The van der Waals surface area contributed by atoms with Gasteiger partial charge >= 0.3 is 6.09 Å². The molecule has 32 heavy (non-hydrogen) atoms. The van der Waals surface area contributed by atoms with Crippen LogP contribution in [0.2, 0.25) is 0 Å². The fraction of sp³-hybridized carbons (Fsp3) is 0.348. The first-order chi connectivity index (χ1) is 15.6. The standard InChI is InChI=1S/C23H24N6O3/c24-13-18-8-9-21(27-15-18)26-11-10-20(22(30)29-12-4-7-19(29)14-25)28-23(31)32-16-17-5-2-1-3-6-17/h1-3,5-6,8-9,15,19-20H,4,7,10-12,16H2,(H,26,27)(H,28,31)/t19-,20-/m0/s1. The van der Waals surface area contributed by atoms with E-state index in [2.05, 4.69) is 21.7 Å². The van der Waals surface area contributed by atoms with Crippen LogP contribution in [0.4, 0.5) is 10.6 Å². The van der Waals surface area contributed by atoms with E-state index in [-0.39, 0.29) is 18.9 Å². The van der Waals surface area contributed by atoms with E-state index in [0.717, 1.165) is 12.0 Å². The van der Waals surface area contributed by atoms with Gasteiger partial charge in [-0.1, -0.05) is 30.3 Å². The second-order valence-electron chi connectivity index (χ2n) is 7.34. The van der Waals surface area contributed by atoms with E-state index in [1.54, 1.807) is 12.1 Å². The summed E-state index contributed by atoms with van der Waals surface area (Å²) >= 11 is 0. The van der Waals surface area contributed by atoms with Crippen molar-refractivity contribution in [1.29, 1.82) is 10.5 Å². The normalized spacial score (nSPS) is 15.8. The maximum atomic E-state index is 13.1. The number of benzene rings is 1. The molecule has 9 nitrogen and oxygen atoms in total. The van der Waals surface area contributed by atoms with Crippen LogP contribution in [0.3, 0.4) is 0 Å². The highest BCUT2D eigenvalue weighted by molar-refractivity contribution is 5.86. The lowest BCUT2D eigenvalue weighted by Crippen LogP contribution is -2.50. The fourth-order valence-corrected chi connectivity index (χ4v) is 3.44. The quantitative estimate of drug-likeness (QED) is 0.655. The Labute approximate surface area is 186 Å². The predicted molar refractivity (Wildman–Crippen MR) is 116 cm³/mol. The summed E-state index contributed by atoms with van der Waals surface area (Å²) in [7, 11) is 0. The molecule has 0 saturated carbocycles. The van der Waals surface area contributed by atoms with Crippen molar-refractivity contribution < 1.29 is 14.3 Å². The zero-order valence-electron chi connectivity index (χ0n) is 17.5. The third kappa shape index (κ3) is 6.19. The molecule has 164 valence electrons. The van der Waals surface area contributed by atoms with Crippen molar-refractivity contribution in [3.8, 4) is 12.1 Å². The number of anilines is 1. The lowest BCUT2D eigenvalue weighted by Gasteiger charge is -2.26. The summed E-state index contributed by atoms with van der Waals surface area (Å²) in [6.45, 7) is 0.920. The Morgan fingerprint density at radius 3 is 2.72 bits per heavy atom. The van der Waals surface area contributed by atoms with Crippen molar-refractivity contribution in [2.75, 3.05) is 18.4 Å². The Kier molecular flexibility index (Phi) is 7.99. The highest BCUT2D eigenvalue weighted by Crippen LogP contribution is 2.18. The highest BCUT2D eigenvalue weighted by atomic mass is 16.5. The third-order valence-corrected chi connectivity index (χ3v) is 5.12. The summed E-state index contributed by atoms with van der Waals surface area (Å²) in [6.07, 6.45) is 2.40. The van der Waals surface area contributed by atoms with E-state index >= 15 is 0 Å². The van der Waals surface area contributed by atoms with Gasteiger partial charge in [-0.2, -0.15) is 10.5 Å². The molecule has 0 aliphatic carbocycles. The molecule has 1 aromatic heterocycles. The number of ether oxygens (including phenoxy) is 1. The highest BCUT2D eigenvalue weighted by Gasteiger charge is 2.34. The van der Waals surface area contributed by atoms with E-state index < -0.39 is 18.2 Å². The number of alkyl carbamates (subject to hydrolysis) is 1. The zero-order valence-corrected chi connectivity index (χ0v) is 17.5. The largest absolute Gasteiger partial charge is 0.445 e. The van der Waals surface area contributed by atoms with Gasteiger partial charge in [-0.05, 0) is 37.0 Å². The molecule has 2 atom stereocenters. The maximum absolute atomic E-state index is 13.1. The molecule has 1 saturated heterocycles. The zero-order chi connectivity index (χ0) is 22.8. The number of pyridine rings is 1. The Bertz CT molecular complexity index is 997. The molecule has 2 aromatic rings. The second kappa shape index (κ2) is 11.3. The summed E-state index contributed by atoms with van der Waals surface area (Å²) in [5.41, 5.74) is 1.28. The van der Waals surface area contributed by atoms with Gasteiger partial charge in [0, 0.05) is 19.3 Å². The first kappa shape index (κ1) is 22.6. The van der Waals surface area contributed by atoms with Crippen LogP contribution in [0, 0.1) is 22.7 Å². The summed E-state index contributed by atoms with van der Waals surface area (Å²) in [5.74, 6) is 0.248. The minimum Gasteiger partial charge on any atom is -0.445 e. The number of likely N-dealkylation sites (tertiary alicyclic amines) is 1. The molecule has 9 heteroatoms. The fourth-order valence-electron chi connectivity index (χ4n) is 3.44. The number of carbonyl (C=O) groups is 2. The number of carbonyl (C=O) groups excluding carboxylic acids is 2. The SMILES string of the molecule is N#Cc1ccc(NCC[C@H](NC(=O)OCc2ccccc2)C(=O)N2CCC[C@H]2C#N)nc1. The van der Waals surface area contributed by atoms with Gasteiger partial charge in [-0.3, -0.25) is 4.79 Å². The van der Waals surface area contributed by atoms with Crippen LogP contribution in [0.5, 0.6) is 0 Å². The number of hydrogen-bond acceptors (Lipinski definition) is 7. The topological polar surface area (TPSA) is 131 Å². The third-order valence-electron chi connectivity index (χ3n) is 5.12. The van der Waals surface area contributed by atoms with E-state index in [1.165, 1.54) is 11.1 Å². The number of hydrogen-bond donors (Lipinski definition) is 2. The molecular formula is C23H24N6O3. The van der Waals surface area contributed by atoms with Gasteiger partial charge in [0.15, 0.2) is 0 Å². The smallest absolute Gasteiger partial charge is 0.408 e. The Balaban J connectivity index is 1.60. The van der Waals surface area contributed by atoms with Crippen molar-refractivity contribution in [3.63, 3.8) is 0 Å². The van der Waals surface area contributed by atoms with Crippen LogP contribution in [0.15, 0.2) is 48.7 Å². The van der Waals surface area contributed by atoms with Gasteiger partial charge in [0.05, 0.1) is 11.6 Å². The minimum atomic E-state index is -0.849. The van der Waals surface area contributed by atoms with E-state index in [0.29, 0.717) is 30.9 Å². The van der Waals surface area contributed by atoms with Crippen molar-refractivity contribution in [3.05, 3.63) is 59.8 Å². The van der Waals surface area contributed by atoms with E-state index in [4.69, 9.17) is 10.00 Å². The van der Waals surface area contributed by atoms with Gasteiger partial charge < -0.3 is 20.3 Å².